The molecule has 0 N–H and O–H groups in total. The summed E-state index contributed by atoms with van der Waals surface area (Å²) in [6.45, 7) is 6.30. The average Bonchev–Trinajstić information content (AvgIpc) is 3.46. The fraction of sp³-hybridized carbons (Fsp3) is 0.341. The van der Waals surface area contributed by atoms with Gasteiger partial charge < -0.3 is 24.2 Å². The van der Waals surface area contributed by atoms with Crippen molar-refractivity contribution in [3.8, 4) is 22.6 Å². The van der Waals surface area contributed by atoms with Crippen molar-refractivity contribution in [1.29, 1.82) is 0 Å². The molecule has 5 aromatic rings. The van der Waals surface area contributed by atoms with Gasteiger partial charge in [0.25, 0.3) is 0 Å². The number of fused-ring (bicyclic) bond motifs is 2. The predicted octanol–water partition coefficient (Wildman–Crippen LogP) is 8.11. The third-order valence-corrected chi connectivity index (χ3v) is 10.9. The Morgan fingerprint density at radius 2 is 1.38 bits per heavy atom. The summed E-state index contributed by atoms with van der Waals surface area (Å²) in [7, 11) is 14.2. The molecule has 1 aliphatic rings. The Morgan fingerprint density at radius 1 is 0.731 bits per heavy atom. The lowest BCUT2D eigenvalue weighted by molar-refractivity contribution is -0.662. The lowest BCUT2D eigenvalue weighted by atomic mass is 10.0. The van der Waals surface area contributed by atoms with Crippen LogP contribution in [0.1, 0.15) is 29.5 Å². The lowest BCUT2D eigenvalue weighted by Gasteiger charge is -2.24. The number of thioether (sulfide) groups is 1. The highest BCUT2D eigenvalue weighted by atomic mass is 32.2. The molecule has 0 amide bonds. The molecule has 0 spiro atoms. The molecule has 0 radical (unpaired) electrons. The van der Waals surface area contributed by atoms with Crippen molar-refractivity contribution >= 4 is 34.4 Å². The largest absolute Gasteiger partial charge is 0.496 e. The molecular formula is C44H54N5O2S+. The number of para-hydroxylation sites is 1. The Bertz CT molecular complexity index is 1960. The SMILES string of the molecule is COc1cccc(OC)c1-c1ccc2c(c1)SC(=Cc1cc[n+](Cc3ccc(CN(CCCN(C)C)CCCN(C)C)cc3)c3ccccc13)N2C. The first kappa shape index (κ1) is 37.4. The molecule has 0 aliphatic carbocycles. The van der Waals surface area contributed by atoms with Gasteiger partial charge >= 0.3 is 0 Å². The number of ether oxygens (including phenoxy) is 2. The van der Waals surface area contributed by atoms with Gasteiger partial charge in [-0.3, -0.25) is 4.90 Å². The van der Waals surface area contributed by atoms with Crippen LogP contribution in [0.15, 0.2) is 107 Å². The van der Waals surface area contributed by atoms with Gasteiger partial charge in [0.2, 0.25) is 5.52 Å². The molecule has 0 bridgehead atoms. The maximum Gasteiger partial charge on any atom is 0.213 e. The van der Waals surface area contributed by atoms with E-state index >= 15 is 0 Å². The number of pyridine rings is 1. The Hall–Kier alpha value is -4.34. The molecule has 1 aliphatic heterocycles. The van der Waals surface area contributed by atoms with Gasteiger partial charge in [-0.2, -0.15) is 4.57 Å². The van der Waals surface area contributed by atoms with Crippen LogP contribution in [0.4, 0.5) is 5.69 Å². The first-order valence-corrected chi connectivity index (χ1v) is 19.0. The fourth-order valence-electron chi connectivity index (χ4n) is 6.99. The van der Waals surface area contributed by atoms with Crippen LogP contribution in [0, 0.1) is 0 Å². The van der Waals surface area contributed by atoms with Crippen LogP contribution in [0.5, 0.6) is 11.5 Å². The van der Waals surface area contributed by atoms with Crippen molar-refractivity contribution < 1.29 is 14.0 Å². The first-order valence-electron chi connectivity index (χ1n) is 18.2. The molecule has 8 heteroatoms. The molecule has 2 heterocycles. The Morgan fingerprint density at radius 3 is 2.04 bits per heavy atom. The highest BCUT2D eigenvalue weighted by Gasteiger charge is 2.25. The van der Waals surface area contributed by atoms with Gasteiger partial charge in [0, 0.05) is 36.2 Å². The number of methoxy groups -OCH3 is 2. The molecule has 0 saturated heterocycles. The number of benzene rings is 4. The quantitative estimate of drug-likeness (QED) is 0.0956. The van der Waals surface area contributed by atoms with Crippen molar-refractivity contribution in [2.45, 2.75) is 30.8 Å². The summed E-state index contributed by atoms with van der Waals surface area (Å²) in [5.41, 5.74) is 8.36. The highest BCUT2D eigenvalue weighted by Crippen LogP contribution is 2.49. The number of anilines is 1. The highest BCUT2D eigenvalue weighted by molar-refractivity contribution is 8.03. The minimum Gasteiger partial charge on any atom is -0.496 e. The number of nitrogens with zero attached hydrogens (tertiary/aromatic N) is 5. The second kappa shape index (κ2) is 17.5. The summed E-state index contributed by atoms with van der Waals surface area (Å²) in [6.07, 6.45) is 6.93. The van der Waals surface area contributed by atoms with Crippen LogP contribution < -0.4 is 18.9 Å². The summed E-state index contributed by atoms with van der Waals surface area (Å²) in [6, 6.07) is 32.8. The molecule has 7 nitrogen and oxygen atoms in total. The van der Waals surface area contributed by atoms with Crippen molar-refractivity contribution in [3.05, 3.63) is 119 Å². The van der Waals surface area contributed by atoms with Crippen molar-refractivity contribution in [2.24, 2.45) is 0 Å². The van der Waals surface area contributed by atoms with Crippen LogP contribution in [0.2, 0.25) is 0 Å². The van der Waals surface area contributed by atoms with Gasteiger partial charge in [0.15, 0.2) is 12.7 Å². The van der Waals surface area contributed by atoms with E-state index in [1.807, 2.05) is 18.2 Å². The Balaban J connectivity index is 1.18. The topological polar surface area (TPSA) is 35.3 Å². The summed E-state index contributed by atoms with van der Waals surface area (Å²) >= 11 is 1.80. The first-order chi connectivity index (χ1) is 25.2. The molecule has 272 valence electrons. The van der Waals surface area contributed by atoms with Gasteiger partial charge in [0.05, 0.1) is 35.9 Å². The third-order valence-electron chi connectivity index (χ3n) is 9.76. The maximum atomic E-state index is 5.71. The summed E-state index contributed by atoms with van der Waals surface area (Å²) in [5, 5.41) is 2.43. The zero-order valence-corrected chi connectivity index (χ0v) is 32.7. The summed E-state index contributed by atoms with van der Waals surface area (Å²) < 4.78 is 13.8. The molecule has 4 aromatic carbocycles. The van der Waals surface area contributed by atoms with E-state index in [0.29, 0.717) is 0 Å². The molecule has 0 saturated carbocycles. The fourth-order valence-corrected chi connectivity index (χ4v) is 8.13. The minimum atomic E-state index is 0.801. The van der Waals surface area contributed by atoms with Gasteiger partial charge in [-0.1, -0.05) is 60.3 Å². The second-order valence-electron chi connectivity index (χ2n) is 14.2. The van der Waals surface area contributed by atoms with E-state index in [2.05, 4.69) is 144 Å². The average molecular weight is 717 g/mol. The van der Waals surface area contributed by atoms with E-state index in [0.717, 1.165) is 61.9 Å². The van der Waals surface area contributed by atoms with Crippen molar-refractivity contribution in [2.75, 3.05) is 80.5 Å². The molecule has 0 atom stereocenters. The monoisotopic (exact) mass is 716 g/mol. The smallest absolute Gasteiger partial charge is 0.213 e. The van der Waals surface area contributed by atoms with Gasteiger partial charge in [-0.15, -0.1) is 0 Å². The minimum absolute atomic E-state index is 0.801. The molecule has 6 rings (SSSR count). The van der Waals surface area contributed by atoms with Gasteiger partial charge in [-0.25, -0.2) is 0 Å². The number of hydrogen-bond donors (Lipinski definition) is 0. The van der Waals surface area contributed by atoms with Crippen molar-refractivity contribution in [1.82, 2.24) is 14.7 Å². The number of aromatic nitrogens is 1. The number of rotatable bonds is 16. The molecule has 1 aromatic heterocycles. The van der Waals surface area contributed by atoms with Gasteiger partial charge in [0.1, 0.15) is 11.5 Å². The molecule has 0 unspecified atom stereocenters. The molecular weight excluding hydrogens is 663 g/mol. The van der Waals surface area contributed by atoms with Crippen LogP contribution in [-0.2, 0) is 13.1 Å². The second-order valence-corrected chi connectivity index (χ2v) is 15.2. The standard InChI is InChI=1S/C44H54N5O2S/c1-45(2)24-11-26-48(27-12-25-46(3)4)31-33-17-19-34(20-18-33)32-49-28-23-35(37-13-8-9-14-38(37)49)30-43-47(5)39-22-21-36(29-42(39)52-43)44-40(50-6)15-10-16-41(44)51-7/h8-10,13-23,28-30H,11-12,24-27,31-32H2,1-7H3/q+1. The van der Waals surface area contributed by atoms with Crippen LogP contribution in [-0.4, -0.2) is 90.3 Å². The summed E-state index contributed by atoms with van der Waals surface area (Å²) in [5.74, 6) is 1.60. The van der Waals surface area contributed by atoms with E-state index in [9.17, 15) is 0 Å². The van der Waals surface area contributed by atoms with E-state index in [4.69, 9.17) is 9.47 Å². The van der Waals surface area contributed by atoms with E-state index < -0.39 is 0 Å². The summed E-state index contributed by atoms with van der Waals surface area (Å²) in [4.78, 5) is 10.7. The zero-order chi connectivity index (χ0) is 36.6. The predicted molar refractivity (Wildman–Crippen MR) is 219 cm³/mol. The van der Waals surface area contributed by atoms with Crippen molar-refractivity contribution in [3.63, 3.8) is 0 Å². The van der Waals surface area contributed by atoms with E-state index in [-0.39, 0.29) is 0 Å². The van der Waals surface area contributed by atoms with Crippen LogP contribution in [0.3, 0.4) is 0 Å². The maximum absolute atomic E-state index is 5.71. The Kier molecular flexibility index (Phi) is 12.6. The van der Waals surface area contributed by atoms with E-state index in [1.54, 1.807) is 26.0 Å². The lowest BCUT2D eigenvalue weighted by Crippen LogP contribution is -2.35. The molecule has 52 heavy (non-hydrogen) atoms. The van der Waals surface area contributed by atoms with E-state index in [1.165, 1.54) is 56.0 Å². The third kappa shape index (κ3) is 8.99. The van der Waals surface area contributed by atoms with Crippen LogP contribution >= 0.6 is 11.8 Å². The normalized spacial score (nSPS) is 13.6. The Labute approximate surface area is 315 Å². The zero-order valence-electron chi connectivity index (χ0n) is 31.9. The number of hydrogen-bond acceptors (Lipinski definition) is 7. The van der Waals surface area contributed by atoms with Crippen LogP contribution in [0.25, 0.3) is 28.1 Å². The van der Waals surface area contributed by atoms with Gasteiger partial charge in [-0.05, 0) is 120 Å². The molecule has 0 fully saturated rings.